The lowest BCUT2D eigenvalue weighted by atomic mass is 9.96. The number of nitrogens with zero attached hydrogens (tertiary/aromatic N) is 1. The van der Waals surface area contributed by atoms with Gasteiger partial charge in [-0.25, -0.2) is 8.78 Å². The summed E-state index contributed by atoms with van der Waals surface area (Å²) in [6.45, 7) is 0.299. The fourth-order valence-electron chi connectivity index (χ4n) is 5.24. The van der Waals surface area contributed by atoms with Gasteiger partial charge in [0, 0.05) is 52.5 Å². The van der Waals surface area contributed by atoms with Gasteiger partial charge < -0.3 is 24.1 Å². The van der Waals surface area contributed by atoms with Crippen LogP contribution in [0.5, 0.6) is 0 Å². The van der Waals surface area contributed by atoms with E-state index in [9.17, 15) is 18.7 Å². The van der Waals surface area contributed by atoms with E-state index in [-0.39, 0.29) is 24.1 Å². The van der Waals surface area contributed by atoms with Crippen LogP contribution in [-0.4, -0.2) is 42.5 Å². The van der Waals surface area contributed by atoms with Crippen LogP contribution in [-0.2, 0) is 0 Å². The van der Waals surface area contributed by atoms with Crippen LogP contribution in [0.1, 0.15) is 10.4 Å². The molecule has 4 aromatic carbocycles. The SMILES string of the molecule is CNC(=O)c1c(-c2ccc(F)cc2)oc2cc(N(CCO)SC)c(-c3cccc(-c4cc5cc(F)ccc5[nH]4)c3)cc12. The van der Waals surface area contributed by atoms with Crippen LogP contribution in [0.25, 0.3) is 55.6 Å². The van der Waals surface area contributed by atoms with Gasteiger partial charge >= 0.3 is 0 Å². The smallest absolute Gasteiger partial charge is 0.255 e. The second-order valence-corrected chi connectivity index (χ2v) is 10.6. The van der Waals surface area contributed by atoms with Gasteiger partial charge in [0.1, 0.15) is 23.0 Å². The number of halogens is 2. The number of H-pyrrole nitrogens is 1. The summed E-state index contributed by atoms with van der Waals surface area (Å²) in [4.78, 5) is 16.6. The van der Waals surface area contributed by atoms with Crippen molar-refractivity contribution in [2.75, 3.05) is 30.8 Å². The summed E-state index contributed by atoms with van der Waals surface area (Å²) in [5.74, 6) is -0.680. The molecular weight excluding hydrogens is 556 g/mol. The van der Waals surface area contributed by atoms with Crippen LogP contribution in [0, 0.1) is 11.6 Å². The number of aliphatic hydroxyl groups is 1. The van der Waals surface area contributed by atoms with Gasteiger partial charge in [-0.2, -0.15) is 0 Å². The molecule has 2 heterocycles. The van der Waals surface area contributed by atoms with Gasteiger partial charge in [0.25, 0.3) is 5.91 Å². The average molecular weight is 584 g/mol. The van der Waals surface area contributed by atoms with Gasteiger partial charge in [-0.05, 0) is 71.8 Å². The molecule has 0 fully saturated rings. The third kappa shape index (κ3) is 5.01. The second kappa shape index (κ2) is 11.3. The van der Waals surface area contributed by atoms with E-state index in [1.807, 2.05) is 53.0 Å². The van der Waals surface area contributed by atoms with Crippen molar-refractivity contribution in [3.8, 4) is 33.7 Å². The Hall–Kier alpha value is -4.60. The quantitative estimate of drug-likeness (QED) is 0.161. The molecule has 0 aliphatic heterocycles. The molecular formula is C33H27F2N3O3S. The standard InChI is InChI=1S/C33H27F2N3O3S/c1-36-33(40)31-26-17-25(20-4-3-5-21(14-20)28-16-22-15-24(35)10-11-27(22)37-28)29(38(42-2)12-13-39)18-30(26)41-32(31)19-6-8-23(34)9-7-19/h3-11,14-18,37,39H,12-13H2,1-2H3,(H,36,40). The summed E-state index contributed by atoms with van der Waals surface area (Å²) in [5, 5.41) is 13.9. The summed E-state index contributed by atoms with van der Waals surface area (Å²) < 4.78 is 35.8. The summed E-state index contributed by atoms with van der Waals surface area (Å²) in [6, 6.07) is 24.1. The molecule has 6 rings (SSSR count). The number of anilines is 1. The van der Waals surface area contributed by atoms with Crippen molar-refractivity contribution in [3.05, 3.63) is 102 Å². The lowest BCUT2D eigenvalue weighted by Crippen LogP contribution is -2.19. The van der Waals surface area contributed by atoms with E-state index in [4.69, 9.17) is 4.42 Å². The minimum Gasteiger partial charge on any atom is -0.455 e. The van der Waals surface area contributed by atoms with Gasteiger partial charge in [0.15, 0.2) is 0 Å². The Morgan fingerprint density at radius 3 is 2.45 bits per heavy atom. The molecule has 0 spiro atoms. The highest BCUT2D eigenvalue weighted by Gasteiger charge is 2.25. The summed E-state index contributed by atoms with van der Waals surface area (Å²) in [5.41, 5.74) is 6.47. The minimum atomic E-state index is -0.388. The van der Waals surface area contributed by atoms with Gasteiger partial charge in [0.2, 0.25) is 0 Å². The fourth-order valence-corrected chi connectivity index (χ4v) is 5.85. The maximum absolute atomic E-state index is 13.8. The molecule has 0 unspecified atom stereocenters. The van der Waals surface area contributed by atoms with Crippen molar-refractivity contribution in [2.45, 2.75) is 0 Å². The minimum absolute atomic E-state index is 0.0630. The van der Waals surface area contributed by atoms with Gasteiger partial charge in [-0.1, -0.05) is 30.1 Å². The van der Waals surface area contributed by atoms with Crippen LogP contribution in [0.15, 0.2) is 89.3 Å². The van der Waals surface area contributed by atoms with E-state index < -0.39 is 0 Å². The zero-order chi connectivity index (χ0) is 29.4. The fraction of sp³-hybridized carbons (Fsp3) is 0.121. The average Bonchev–Trinajstić information content (AvgIpc) is 3.60. The molecule has 0 aliphatic carbocycles. The molecule has 42 heavy (non-hydrogen) atoms. The summed E-state index contributed by atoms with van der Waals surface area (Å²) >= 11 is 1.46. The molecule has 2 aromatic heterocycles. The van der Waals surface area contributed by atoms with Crippen LogP contribution in [0.3, 0.4) is 0 Å². The van der Waals surface area contributed by atoms with Crippen LogP contribution in [0.2, 0.25) is 0 Å². The second-order valence-electron chi connectivity index (χ2n) is 9.76. The number of aliphatic hydroxyl groups excluding tert-OH is 1. The predicted molar refractivity (Wildman–Crippen MR) is 166 cm³/mol. The number of aromatic nitrogens is 1. The van der Waals surface area contributed by atoms with Crippen molar-refractivity contribution in [1.82, 2.24) is 10.3 Å². The molecule has 0 saturated carbocycles. The Morgan fingerprint density at radius 1 is 0.952 bits per heavy atom. The van der Waals surface area contributed by atoms with E-state index in [1.54, 1.807) is 25.2 Å². The molecule has 0 saturated heterocycles. The molecule has 3 N–H and O–H groups in total. The van der Waals surface area contributed by atoms with Crippen molar-refractivity contribution >= 4 is 45.4 Å². The van der Waals surface area contributed by atoms with E-state index in [1.165, 1.54) is 36.2 Å². The van der Waals surface area contributed by atoms with E-state index in [2.05, 4.69) is 10.3 Å². The highest BCUT2D eigenvalue weighted by Crippen LogP contribution is 2.43. The van der Waals surface area contributed by atoms with Crippen molar-refractivity contribution in [1.29, 1.82) is 0 Å². The monoisotopic (exact) mass is 583 g/mol. The largest absolute Gasteiger partial charge is 0.455 e. The number of benzene rings is 4. The number of amides is 1. The molecule has 9 heteroatoms. The highest BCUT2D eigenvalue weighted by molar-refractivity contribution is 8.00. The van der Waals surface area contributed by atoms with Gasteiger partial charge in [-0.15, -0.1) is 0 Å². The van der Waals surface area contributed by atoms with Gasteiger partial charge in [-0.3, -0.25) is 4.79 Å². The van der Waals surface area contributed by atoms with Crippen molar-refractivity contribution in [3.63, 3.8) is 0 Å². The van der Waals surface area contributed by atoms with E-state index in [0.29, 0.717) is 34.4 Å². The maximum atomic E-state index is 13.8. The number of rotatable bonds is 8. The lowest BCUT2D eigenvalue weighted by molar-refractivity contribution is 0.0964. The Kier molecular flexibility index (Phi) is 7.45. The molecule has 6 nitrogen and oxygen atoms in total. The van der Waals surface area contributed by atoms with Crippen molar-refractivity contribution in [2.24, 2.45) is 0 Å². The van der Waals surface area contributed by atoms with Crippen LogP contribution < -0.4 is 9.62 Å². The number of fused-ring (bicyclic) bond motifs is 2. The van der Waals surface area contributed by atoms with Crippen molar-refractivity contribution < 1.29 is 23.1 Å². The van der Waals surface area contributed by atoms with Crippen LogP contribution >= 0.6 is 11.9 Å². The Balaban J connectivity index is 1.57. The number of aromatic amines is 1. The molecule has 212 valence electrons. The first-order chi connectivity index (χ1) is 20.4. The summed E-state index contributed by atoms with van der Waals surface area (Å²) in [6.07, 6.45) is 1.92. The molecule has 0 radical (unpaired) electrons. The first-order valence-corrected chi connectivity index (χ1v) is 14.5. The van der Waals surface area contributed by atoms with Gasteiger partial charge in [0.05, 0.1) is 24.4 Å². The highest BCUT2D eigenvalue weighted by atomic mass is 32.2. The number of nitrogens with one attached hydrogen (secondary N) is 2. The topological polar surface area (TPSA) is 81.5 Å². The number of carbonyl (C=O) groups is 1. The van der Waals surface area contributed by atoms with Crippen LogP contribution in [0.4, 0.5) is 14.5 Å². The zero-order valence-corrected chi connectivity index (χ0v) is 23.7. The van der Waals surface area contributed by atoms with E-state index in [0.717, 1.165) is 39.0 Å². The third-order valence-corrected chi connectivity index (χ3v) is 8.05. The normalized spacial score (nSPS) is 11.4. The number of furan rings is 1. The zero-order valence-electron chi connectivity index (χ0n) is 22.9. The summed E-state index contributed by atoms with van der Waals surface area (Å²) in [7, 11) is 1.55. The molecule has 6 aromatic rings. The molecule has 0 aliphatic rings. The maximum Gasteiger partial charge on any atom is 0.255 e. The Morgan fingerprint density at radius 2 is 1.71 bits per heavy atom. The lowest BCUT2D eigenvalue weighted by Gasteiger charge is -2.24. The first kappa shape index (κ1) is 27.6. The number of hydrogen-bond donors (Lipinski definition) is 3. The Labute approximate surface area is 245 Å². The van der Waals surface area contributed by atoms with E-state index >= 15 is 0 Å². The molecule has 1 amide bonds. The number of carbonyl (C=O) groups excluding carboxylic acids is 1. The molecule has 0 atom stereocenters. The number of hydrogen-bond acceptors (Lipinski definition) is 5. The predicted octanol–water partition coefficient (Wildman–Crippen LogP) is 7.63. The first-order valence-electron chi connectivity index (χ1n) is 13.3. The Bertz CT molecular complexity index is 1930. The molecule has 0 bridgehead atoms. The third-order valence-electron chi connectivity index (χ3n) is 7.23.